The summed E-state index contributed by atoms with van der Waals surface area (Å²) in [7, 11) is 0. The summed E-state index contributed by atoms with van der Waals surface area (Å²) in [6, 6.07) is 0. The van der Waals surface area contributed by atoms with Gasteiger partial charge in [-0.1, -0.05) is 5.92 Å². The zero-order chi connectivity index (χ0) is 7.61. The minimum atomic E-state index is -0.667. The predicted octanol–water partition coefficient (Wildman–Crippen LogP) is 0.550. The van der Waals surface area contributed by atoms with Gasteiger partial charge in [-0.15, -0.1) is 6.42 Å². The summed E-state index contributed by atoms with van der Waals surface area (Å²) < 4.78 is 5.36. The van der Waals surface area contributed by atoms with Crippen molar-refractivity contribution in [2.45, 2.75) is 31.5 Å². The lowest BCUT2D eigenvalue weighted by molar-refractivity contribution is -0.0274. The molecule has 0 aromatic carbocycles. The van der Waals surface area contributed by atoms with Crippen LogP contribution in [-0.2, 0) is 4.74 Å². The van der Waals surface area contributed by atoms with Crippen molar-refractivity contribution in [3.05, 3.63) is 0 Å². The zero-order valence-electron chi connectivity index (χ0n) is 6.13. The molecule has 2 heteroatoms. The average molecular weight is 140 g/mol. The van der Waals surface area contributed by atoms with E-state index in [2.05, 4.69) is 5.92 Å². The van der Waals surface area contributed by atoms with Crippen LogP contribution in [0.2, 0.25) is 0 Å². The monoisotopic (exact) mass is 140 g/mol. The van der Waals surface area contributed by atoms with Crippen molar-refractivity contribution in [3.63, 3.8) is 0 Å². The van der Waals surface area contributed by atoms with Crippen LogP contribution in [0.1, 0.15) is 19.8 Å². The van der Waals surface area contributed by atoms with E-state index in [4.69, 9.17) is 16.3 Å². The second-order valence-electron chi connectivity index (χ2n) is 2.76. The Hall–Kier alpha value is -0.520. The second kappa shape index (κ2) is 2.61. The van der Waals surface area contributed by atoms with Crippen LogP contribution < -0.4 is 0 Å². The number of aliphatic hydroxyl groups excluding tert-OH is 1. The van der Waals surface area contributed by atoms with Crippen molar-refractivity contribution in [3.8, 4) is 12.3 Å². The first-order valence-electron chi connectivity index (χ1n) is 3.49. The maximum atomic E-state index is 8.87. The Bertz CT molecular complexity index is 159. The van der Waals surface area contributed by atoms with Crippen LogP contribution in [0.4, 0.5) is 0 Å². The lowest BCUT2D eigenvalue weighted by Crippen LogP contribution is -2.31. The van der Waals surface area contributed by atoms with Gasteiger partial charge < -0.3 is 9.84 Å². The summed E-state index contributed by atoms with van der Waals surface area (Å²) in [6.45, 7) is 1.91. The largest absolute Gasteiger partial charge is 0.392 e. The third-order valence-electron chi connectivity index (χ3n) is 1.90. The molecule has 0 aromatic heterocycles. The molecule has 2 nitrogen and oxygen atoms in total. The molecule has 0 aliphatic carbocycles. The maximum absolute atomic E-state index is 8.87. The van der Waals surface area contributed by atoms with Gasteiger partial charge in [0.1, 0.15) is 0 Å². The summed E-state index contributed by atoms with van der Waals surface area (Å²) in [6.07, 6.45) is 7.13. The molecule has 0 unspecified atom stereocenters. The van der Waals surface area contributed by atoms with E-state index >= 15 is 0 Å². The molecule has 0 spiro atoms. The molecule has 2 atom stereocenters. The Morgan fingerprint density at radius 3 is 2.80 bits per heavy atom. The Kier molecular flexibility index (Phi) is 1.98. The molecule has 1 N–H and O–H groups in total. The van der Waals surface area contributed by atoms with Crippen LogP contribution in [-0.4, -0.2) is 23.4 Å². The first kappa shape index (κ1) is 7.59. The van der Waals surface area contributed by atoms with Crippen molar-refractivity contribution in [1.82, 2.24) is 0 Å². The molecule has 1 fully saturated rings. The molecule has 0 radical (unpaired) electrons. The topological polar surface area (TPSA) is 29.5 Å². The summed E-state index contributed by atoms with van der Waals surface area (Å²) in [5.74, 6) is 2.49. The minimum absolute atomic E-state index is 0.0617. The molecule has 0 saturated carbocycles. The maximum Gasteiger partial charge on any atom is 0.151 e. The standard InChI is InChI=1S/C8H12O2/c1-3-8(6-9)5-4-7(2)10-8/h1,7,9H,4-6H2,2H3/t7-,8-/m0/s1. The number of terminal acetylenes is 1. The molecule has 1 saturated heterocycles. The molecule has 0 amide bonds. The second-order valence-corrected chi connectivity index (χ2v) is 2.76. The van der Waals surface area contributed by atoms with E-state index in [9.17, 15) is 0 Å². The Labute approximate surface area is 61.2 Å². The van der Waals surface area contributed by atoms with Gasteiger partial charge in [-0.2, -0.15) is 0 Å². The summed E-state index contributed by atoms with van der Waals surface area (Å²) in [5, 5.41) is 8.87. The van der Waals surface area contributed by atoms with Crippen molar-refractivity contribution in [2.24, 2.45) is 0 Å². The van der Waals surface area contributed by atoms with Crippen LogP contribution in [0.15, 0.2) is 0 Å². The van der Waals surface area contributed by atoms with Crippen LogP contribution in [0.3, 0.4) is 0 Å². The molecule has 0 bridgehead atoms. The number of ether oxygens (including phenoxy) is 1. The zero-order valence-corrected chi connectivity index (χ0v) is 6.13. The SMILES string of the molecule is C#C[C@@]1(CO)CC[C@H](C)O1. The molecular weight excluding hydrogens is 128 g/mol. The average Bonchev–Trinajstić information content (AvgIpc) is 2.33. The van der Waals surface area contributed by atoms with E-state index in [0.29, 0.717) is 0 Å². The number of aliphatic hydroxyl groups is 1. The lowest BCUT2D eigenvalue weighted by Gasteiger charge is -2.19. The van der Waals surface area contributed by atoms with E-state index in [1.165, 1.54) is 0 Å². The lowest BCUT2D eigenvalue weighted by atomic mass is 10.0. The Morgan fingerprint density at radius 1 is 1.90 bits per heavy atom. The first-order chi connectivity index (χ1) is 4.72. The highest BCUT2D eigenvalue weighted by Gasteiger charge is 2.35. The van der Waals surface area contributed by atoms with Gasteiger partial charge in [0.15, 0.2) is 5.60 Å². The van der Waals surface area contributed by atoms with E-state index < -0.39 is 5.60 Å². The molecule has 1 aliphatic heterocycles. The van der Waals surface area contributed by atoms with Gasteiger partial charge in [-0.25, -0.2) is 0 Å². The number of hydrogen-bond acceptors (Lipinski definition) is 2. The highest BCUT2D eigenvalue weighted by molar-refractivity contribution is 5.11. The molecule has 0 aromatic rings. The molecule has 56 valence electrons. The molecular formula is C8H12O2. The van der Waals surface area contributed by atoms with E-state index in [1.54, 1.807) is 0 Å². The van der Waals surface area contributed by atoms with E-state index in [0.717, 1.165) is 12.8 Å². The third-order valence-corrected chi connectivity index (χ3v) is 1.90. The number of rotatable bonds is 1. The highest BCUT2D eigenvalue weighted by Crippen LogP contribution is 2.28. The quantitative estimate of drug-likeness (QED) is 0.539. The Balaban J connectivity index is 2.62. The van der Waals surface area contributed by atoms with Gasteiger partial charge in [-0.05, 0) is 19.8 Å². The fourth-order valence-corrected chi connectivity index (χ4v) is 1.21. The number of hydrogen-bond donors (Lipinski definition) is 1. The van der Waals surface area contributed by atoms with Gasteiger partial charge >= 0.3 is 0 Å². The highest BCUT2D eigenvalue weighted by atomic mass is 16.5. The summed E-state index contributed by atoms with van der Waals surface area (Å²) in [4.78, 5) is 0. The molecule has 1 heterocycles. The third kappa shape index (κ3) is 1.16. The van der Waals surface area contributed by atoms with Gasteiger partial charge in [0, 0.05) is 0 Å². The van der Waals surface area contributed by atoms with Crippen molar-refractivity contribution >= 4 is 0 Å². The van der Waals surface area contributed by atoms with Crippen LogP contribution in [0.25, 0.3) is 0 Å². The molecule has 1 aliphatic rings. The van der Waals surface area contributed by atoms with Gasteiger partial charge in [0.25, 0.3) is 0 Å². The Morgan fingerprint density at radius 2 is 2.60 bits per heavy atom. The van der Waals surface area contributed by atoms with Crippen LogP contribution in [0.5, 0.6) is 0 Å². The van der Waals surface area contributed by atoms with Crippen LogP contribution in [0, 0.1) is 12.3 Å². The minimum Gasteiger partial charge on any atom is -0.392 e. The summed E-state index contributed by atoms with van der Waals surface area (Å²) >= 11 is 0. The van der Waals surface area contributed by atoms with Gasteiger partial charge in [0.05, 0.1) is 12.7 Å². The van der Waals surface area contributed by atoms with Crippen molar-refractivity contribution < 1.29 is 9.84 Å². The normalized spacial score (nSPS) is 39.5. The first-order valence-corrected chi connectivity index (χ1v) is 3.49. The van der Waals surface area contributed by atoms with Crippen molar-refractivity contribution in [1.29, 1.82) is 0 Å². The smallest absolute Gasteiger partial charge is 0.151 e. The predicted molar refractivity (Wildman–Crippen MR) is 38.4 cm³/mol. The molecule has 1 rings (SSSR count). The van der Waals surface area contributed by atoms with Crippen molar-refractivity contribution in [2.75, 3.05) is 6.61 Å². The molecule has 10 heavy (non-hydrogen) atoms. The van der Waals surface area contributed by atoms with Gasteiger partial charge in [0.2, 0.25) is 0 Å². The fourth-order valence-electron chi connectivity index (χ4n) is 1.21. The van der Waals surface area contributed by atoms with Crippen LogP contribution >= 0.6 is 0 Å². The van der Waals surface area contributed by atoms with E-state index in [-0.39, 0.29) is 12.7 Å². The fraction of sp³-hybridized carbons (Fsp3) is 0.750. The summed E-state index contributed by atoms with van der Waals surface area (Å²) in [5.41, 5.74) is -0.667. The van der Waals surface area contributed by atoms with E-state index in [1.807, 2.05) is 6.92 Å². The van der Waals surface area contributed by atoms with Gasteiger partial charge in [-0.3, -0.25) is 0 Å².